The maximum Gasteiger partial charge on any atom is 0.0349 e. The molecular formula is C8H5S. The SMILES string of the molecule is [c]1csc2ccccc12. The highest BCUT2D eigenvalue weighted by molar-refractivity contribution is 7.17. The Hall–Kier alpha value is -0.820. The molecular weight excluding hydrogens is 128 g/mol. The Bertz CT molecular complexity index is 279. The molecule has 0 aliphatic rings. The molecule has 2 rings (SSSR count). The number of hydrogen-bond donors (Lipinski definition) is 0. The summed E-state index contributed by atoms with van der Waals surface area (Å²) in [5, 5.41) is 3.22. The molecule has 0 aliphatic heterocycles. The van der Waals surface area contributed by atoms with Gasteiger partial charge < -0.3 is 0 Å². The minimum absolute atomic E-state index is 1.22. The summed E-state index contributed by atoms with van der Waals surface area (Å²) in [5.74, 6) is 0. The van der Waals surface area contributed by atoms with Crippen LogP contribution in [0.2, 0.25) is 0 Å². The Kier molecular flexibility index (Phi) is 1.03. The van der Waals surface area contributed by atoms with E-state index in [9.17, 15) is 0 Å². The van der Waals surface area contributed by atoms with Gasteiger partial charge in [-0.25, -0.2) is 0 Å². The molecule has 1 heterocycles. The molecule has 1 aromatic carbocycles. The second-order valence-corrected chi connectivity index (χ2v) is 2.79. The van der Waals surface area contributed by atoms with Crippen molar-refractivity contribution < 1.29 is 0 Å². The molecule has 0 bridgehead atoms. The summed E-state index contributed by atoms with van der Waals surface area (Å²) in [4.78, 5) is 0. The molecule has 43 valence electrons. The summed E-state index contributed by atoms with van der Waals surface area (Å²) in [7, 11) is 0. The minimum atomic E-state index is 1.22. The molecule has 0 saturated heterocycles. The molecule has 0 atom stereocenters. The van der Waals surface area contributed by atoms with Crippen LogP contribution in [0.25, 0.3) is 10.1 Å². The van der Waals surface area contributed by atoms with Gasteiger partial charge in [0, 0.05) is 16.2 Å². The van der Waals surface area contributed by atoms with Crippen LogP contribution < -0.4 is 0 Å². The molecule has 0 nitrogen and oxygen atoms in total. The standard InChI is InChI=1S/C8H5S/c1-2-4-8-7(3-1)5-6-9-8/h1-4,6H. The molecule has 0 aliphatic carbocycles. The zero-order valence-electron chi connectivity index (χ0n) is 4.79. The lowest BCUT2D eigenvalue weighted by Gasteiger charge is -1.81. The summed E-state index contributed by atoms with van der Waals surface area (Å²) >= 11 is 1.73. The Morgan fingerprint density at radius 2 is 2.11 bits per heavy atom. The van der Waals surface area contributed by atoms with E-state index < -0.39 is 0 Å². The van der Waals surface area contributed by atoms with Gasteiger partial charge in [0.1, 0.15) is 0 Å². The van der Waals surface area contributed by atoms with Crippen LogP contribution >= 0.6 is 11.3 Å². The van der Waals surface area contributed by atoms with E-state index in [0.29, 0.717) is 0 Å². The first-order valence-electron chi connectivity index (χ1n) is 2.81. The Labute approximate surface area is 57.8 Å². The van der Waals surface area contributed by atoms with Gasteiger partial charge in [0.2, 0.25) is 0 Å². The van der Waals surface area contributed by atoms with Gasteiger partial charge in [-0.15, -0.1) is 11.3 Å². The second-order valence-electron chi connectivity index (χ2n) is 1.88. The van der Waals surface area contributed by atoms with Crippen LogP contribution in [-0.4, -0.2) is 0 Å². The lowest BCUT2D eigenvalue weighted by atomic mass is 10.3. The highest BCUT2D eigenvalue weighted by Gasteiger charge is 1.88. The molecule has 0 amide bonds. The molecule has 2 aromatic rings. The summed E-state index contributed by atoms with van der Waals surface area (Å²) < 4.78 is 1.32. The van der Waals surface area contributed by atoms with Gasteiger partial charge in [-0.1, -0.05) is 18.2 Å². The second kappa shape index (κ2) is 1.85. The van der Waals surface area contributed by atoms with E-state index in [1.807, 2.05) is 17.5 Å². The van der Waals surface area contributed by atoms with Crippen molar-refractivity contribution in [1.82, 2.24) is 0 Å². The van der Waals surface area contributed by atoms with E-state index in [1.165, 1.54) is 10.1 Å². The summed E-state index contributed by atoms with van der Waals surface area (Å²) in [5.41, 5.74) is 0. The number of benzene rings is 1. The van der Waals surface area contributed by atoms with Crippen molar-refractivity contribution in [1.29, 1.82) is 0 Å². The molecule has 0 spiro atoms. The van der Waals surface area contributed by atoms with Crippen molar-refractivity contribution in [2.45, 2.75) is 0 Å². The van der Waals surface area contributed by atoms with Crippen LogP contribution in [0.15, 0.2) is 29.6 Å². The fraction of sp³-hybridized carbons (Fsp3) is 0. The first kappa shape index (κ1) is 5.00. The largest absolute Gasteiger partial charge is 0.143 e. The number of fused-ring (bicyclic) bond motifs is 1. The van der Waals surface area contributed by atoms with Gasteiger partial charge in [0.05, 0.1) is 0 Å². The van der Waals surface area contributed by atoms with Gasteiger partial charge in [0.25, 0.3) is 0 Å². The Morgan fingerprint density at radius 1 is 1.22 bits per heavy atom. The fourth-order valence-electron chi connectivity index (χ4n) is 0.845. The van der Waals surface area contributed by atoms with E-state index in [1.54, 1.807) is 11.3 Å². The summed E-state index contributed by atoms with van der Waals surface area (Å²) in [6.07, 6.45) is 0. The lowest BCUT2D eigenvalue weighted by molar-refractivity contribution is 1.85. The molecule has 1 aromatic heterocycles. The Balaban J connectivity index is 2.95. The van der Waals surface area contributed by atoms with Crippen LogP contribution in [0.4, 0.5) is 0 Å². The van der Waals surface area contributed by atoms with Gasteiger partial charge in [-0.05, 0) is 11.4 Å². The third-order valence-electron chi connectivity index (χ3n) is 1.29. The average Bonchev–Trinajstić information content (AvgIpc) is 2.33. The van der Waals surface area contributed by atoms with E-state index in [-0.39, 0.29) is 0 Å². The number of rotatable bonds is 0. The van der Waals surface area contributed by atoms with E-state index in [0.717, 1.165) is 0 Å². The Morgan fingerprint density at radius 3 is 3.00 bits per heavy atom. The molecule has 0 N–H and O–H groups in total. The zero-order chi connectivity index (χ0) is 6.10. The maximum atomic E-state index is 3.14. The topological polar surface area (TPSA) is 0 Å². The van der Waals surface area contributed by atoms with Gasteiger partial charge >= 0.3 is 0 Å². The van der Waals surface area contributed by atoms with Crippen LogP contribution in [0, 0.1) is 6.07 Å². The molecule has 0 unspecified atom stereocenters. The third kappa shape index (κ3) is 0.736. The van der Waals surface area contributed by atoms with E-state index in [2.05, 4.69) is 18.2 Å². The molecule has 0 saturated carbocycles. The highest BCUT2D eigenvalue weighted by atomic mass is 32.1. The van der Waals surface area contributed by atoms with Gasteiger partial charge in [0.15, 0.2) is 0 Å². The molecule has 0 fully saturated rings. The quantitative estimate of drug-likeness (QED) is 0.518. The summed E-state index contributed by atoms with van der Waals surface area (Å²) in [6.45, 7) is 0. The van der Waals surface area contributed by atoms with Crippen LogP contribution in [0.1, 0.15) is 0 Å². The molecule has 1 heteroatoms. The predicted molar refractivity (Wildman–Crippen MR) is 40.7 cm³/mol. The normalized spacial score (nSPS) is 10.2. The van der Waals surface area contributed by atoms with Crippen LogP contribution in [0.5, 0.6) is 0 Å². The molecule has 9 heavy (non-hydrogen) atoms. The zero-order valence-corrected chi connectivity index (χ0v) is 5.61. The first-order chi connectivity index (χ1) is 4.47. The lowest BCUT2D eigenvalue weighted by Crippen LogP contribution is -1.56. The van der Waals surface area contributed by atoms with E-state index >= 15 is 0 Å². The average molecular weight is 133 g/mol. The van der Waals surface area contributed by atoms with Crippen molar-refractivity contribution in [3.05, 3.63) is 35.7 Å². The fourth-order valence-corrected chi connectivity index (χ4v) is 1.57. The van der Waals surface area contributed by atoms with Crippen LogP contribution in [-0.2, 0) is 0 Å². The maximum absolute atomic E-state index is 3.14. The van der Waals surface area contributed by atoms with Crippen molar-refractivity contribution >= 4 is 21.4 Å². The monoisotopic (exact) mass is 133 g/mol. The minimum Gasteiger partial charge on any atom is -0.143 e. The molecule has 1 radical (unpaired) electrons. The first-order valence-corrected chi connectivity index (χ1v) is 3.69. The van der Waals surface area contributed by atoms with Crippen molar-refractivity contribution in [3.8, 4) is 0 Å². The van der Waals surface area contributed by atoms with E-state index in [4.69, 9.17) is 0 Å². The third-order valence-corrected chi connectivity index (χ3v) is 2.13. The summed E-state index contributed by atoms with van der Waals surface area (Å²) in [6, 6.07) is 11.4. The smallest absolute Gasteiger partial charge is 0.0349 e. The number of hydrogen-bond acceptors (Lipinski definition) is 1. The van der Waals surface area contributed by atoms with Gasteiger partial charge in [-0.2, -0.15) is 0 Å². The van der Waals surface area contributed by atoms with Crippen molar-refractivity contribution in [2.24, 2.45) is 0 Å². The van der Waals surface area contributed by atoms with Crippen molar-refractivity contribution in [2.75, 3.05) is 0 Å². The number of thiophene rings is 1. The van der Waals surface area contributed by atoms with Crippen molar-refractivity contribution in [3.63, 3.8) is 0 Å². The predicted octanol–water partition coefficient (Wildman–Crippen LogP) is 2.70. The van der Waals surface area contributed by atoms with Gasteiger partial charge in [-0.3, -0.25) is 0 Å². The van der Waals surface area contributed by atoms with Crippen LogP contribution in [0.3, 0.4) is 0 Å². The highest BCUT2D eigenvalue weighted by Crippen LogP contribution is 2.18.